The number of ether oxygens (including phenoxy) is 1. The van der Waals surface area contributed by atoms with Gasteiger partial charge < -0.3 is 50.1 Å². The van der Waals surface area contributed by atoms with Gasteiger partial charge in [0, 0.05) is 114 Å². The number of rotatable bonds is 5. The van der Waals surface area contributed by atoms with Crippen LogP contribution in [0.25, 0.3) is 0 Å². The Morgan fingerprint density at radius 1 is 0.449 bits per heavy atom. The van der Waals surface area contributed by atoms with Crippen LogP contribution in [0.15, 0.2) is 97.1 Å². The fourth-order valence-corrected chi connectivity index (χ4v) is 25.4. The molecule has 6 bridgehead atoms. The van der Waals surface area contributed by atoms with Crippen molar-refractivity contribution in [1.82, 2.24) is 24.5 Å². The molecule has 4 aromatic carbocycles. The van der Waals surface area contributed by atoms with Crippen LogP contribution in [-0.4, -0.2) is 171 Å². The molecule has 16 nitrogen and oxygen atoms in total. The number of carbonyl (C=O) groups is 5. The molecular weight excluding hydrogens is 1330 g/mol. The number of para-hydroxylation sites is 4. The molecular formula is C91H132N10O6. The van der Waals surface area contributed by atoms with E-state index in [0.29, 0.717) is 25.5 Å². The standard InChI is InChI=1S/C23H33N3O.2C23H32N2O.C22H31N3O3.2H2/c24-22(27)26-11-3-8-23(20-4-1-2-5-21(20)26)9-12-25(13-10-23)19-15-17-6-7-18(14-17)16-19;1-17(26)25-12-4-9-23(20-5-2-3-6-21(20)25)10-13-24(14-11-23)22-16-18-7-8-19(22)15-18;1-24-21-5-3-2-4-20(21)23(9-8-22(24)26)10-12-25(13-11-23)19-15-17-6-7-18(14-17)16-19;1-2-28-21(27)25-13-8-17(9-14-25)24-15-11-22(12-16-24)10-7-20(26)23-19-6-4-3-5-18(19)22;;/h1-2,4-5,17-19H,3,6-16H2,(H2,24,27);2-3,5-6,18-19,22H,4,7-16H2,1H3;2-5,17-19H,6-16H2,1H3;3-6,17H,2,7-16H2,1H3,(H,23,26);2*1H/t;18-,19-,22?;;;;/m.1..../s1. The lowest BCUT2D eigenvalue weighted by Gasteiger charge is -2.46. The highest BCUT2D eigenvalue weighted by atomic mass is 16.6. The summed E-state index contributed by atoms with van der Waals surface area (Å²) in [6.07, 6.45) is 40.0. The van der Waals surface area contributed by atoms with E-state index in [4.69, 9.17) is 10.5 Å². The van der Waals surface area contributed by atoms with Gasteiger partial charge in [-0.1, -0.05) is 105 Å². The van der Waals surface area contributed by atoms with Crippen molar-refractivity contribution in [3.8, 4) is 0 Å². The lowest BCUT2D eigenvalue weighted by Crippen LogP contribution is -2.51. The van der Waals surface area contributed by atoms with Gasteiger partial charge in [0.2, 0.25) is 17.7 Å². The molecule has 4 spiro atoms. The predicted molar refractivity (Wildman–Crippen MR) is 432 cm³/mol. The summed E-state index contributed by atoms with van der Waals surface area (Å²) in [5, 5.41) is 3.09. The molecule has 3 N–H and O–H groups in total. The molecule has 15 aliphatic rings. The molecule has 16 heteroatoms. The van der Waals surface area contributed by atoms with Crippen LogP contribution in [0.3, 0.4) is 0 Å². The van der Waals surface area contributed by atoms with Crippen molar-refractivity contribution in [1.29, 1.82) is 0 Å². The summed E-state index contributed by atoms with van der Waals surface area (Å²) in [6.45, 7) is 16.7. The van der Waals surface area contributed by atoms with E-state index in [-0.39, 0.29) is 54.4 Å². The van der Waals surface area contributed by atoms with E-state index >= 15 is 0 Å². The predicted octanol–water partition coefficient (Wildman–Crippen LogP) is 16.9. The number of nitrogens with zero attached hydrogens (tertiary/aromatic N) is 8. The van der Waals surface area contributed by atoms with Gasteiger partial charge in [-0.2, -0.15) is 0 Å². The third kappa shape index (κ3) is 15.5. The van der Waals surface area contributed by atoms with Crippen molar-refractivity contribution in [3.05, 3.63) is 119 Å². The quantitative estimate of drug-likeness (QED) is 0.197. The number of nitrogens with one attached hydrogen (secondary N) is 1. The van der Waals surface area contributed by atoms with Gasteiger partial charge in [-0.3, -0.25) is 19.3 Å². The van der Waals surface area contributed by atoms with Gasteiger partial charge in [-0.25, -0.2) is 9.59 Å². The zero-order valence-electron chi connectivity index (χ0n) is 65.4. The zero-order chi connectivity index (χ0) is 73.4. The van der Waals surface area contributed by atoms with Gasteiger partial charge in [0.05, 0.1) is 6.61 Å². The maximum absolute atomic E-state index is 12.5. The summed E-state index contributed by atoms with van der Waals surface area (Å²) in [4.78, 5) is 79.4. The first-order valence-electron chi connectivity index (χ1n) is 43.2. The minimum atomic E-state index is -0.311. The summed E-state index contributed by atoms with van der Waals surface area (Å²) in [6, 6.07) is 37.1. The Morgan fingerprint density at radius 3 is 1.36 bits per heavy atom. The molecule has 107 heavy (non-hydrogen) atoms. The van der Waals surface area contributed by atoms with Gasteiger partial charge in [0.1, 0.15) is 0 Å². The average Bonchev–Trinajstić information content (AvgIpc) is 1.73. The second kappa shape index (κ2) is 32.2. The van der Waals surface area contributed by atoms with Gasteiger partial charge >= 0.3 is 12.1 Å². The van der Waals surface area contributed by atoms with Crippen LogP contribution >= 0.6 is 0 Å². The molecule has 0 aromatic heterocycles. The first kappa shape index (κ1) is 74.7. The molecule has 4 aromatic rings. The van der Waals surface area contributed by atoms with Crippen LogP contribution in [0.1, 0.15) is 244 Å². The van der Waals surface area contributed by atoms with Gasteiger partial charge in [-0.15, -0.1) is 0 Å². The van der Waals surface area contributed by atoms with E-state index in [9.17, 15) is 24.0 Å². The molecule has 6 saturated carbocycles. The minimum absolute atomic E-state index is 0. The molecule has 9 aliphatic heterocycles. The molecule has 6 aliphatic carbocycles. The highest BCUT2D eigenvalue weighted by molar-refractivity contribution is 5.96. The molecule has 0 radical (unpaired) electrons. The number of amides is 6. The van der Waals surface area contributed by atoms with Crippen molar-refractivity contribution < 1.29 is 31.6 Å². The lowest BCUT2D eigenvalue weighted by molar-refractivity contribution is -0.119. The molecule has 6 amide bonds. The Morgan fingerprint density at radius 2 is 0.869 bits per heavy atom. The van der Waals surface area contributed by atoms with Crippen molar-refractivity contribution >= 4 is 52.6 Å². The number of urea groups is 1. The van der Waals surface area contributed by atoms with E-state index in [2.05, 4.69) is 104 Å². The monoisotopic (exact) mass is 1460 g/mol. The van der Waals surface area contributed by atoms with E-state index in [1.165, 1.54) is 208 Å². The molecule has 11 fully saturated rings. The number of hydrogen-bond donors (Lipinski definition) is 2. The van der Waals surface area contributed by atoms with Crippen LogP contribution in [0.4, 0.5) is 32.3 Å². The van der Waals surface area contributed by atoms with Crippen LogP contribution in [0.2, 0.25) is 0 Å². The summed E-state index contributed by atoms with van der Waals surface area (Å²) in [5.74, 6) is 6.67. The van der Waals surface area contributed by atoms with Gasteiger partial charge in [0.15, 0.2) is 0 Å². The maximum Gasteiger partial charge on any atom is 0.409 e. The molecule has 19 rings (SSSR count). The van der Waals surface area contributed by atoms with Crippen molar-refractivity contribution in [2.45, 2.75) is 265 Å². The van der Waals surface area contributed by atoms with Crippen molar-refractivity contribution in [2.24, 2.45) is 41.2 Å². The zero-order valence-corrected chi connectivity index (χ0v) is 65.4. The smallest absolute Gasteiger partial charge is 0.409 e. The summed E-state index contributed by atoms with van der Waals surface area (Å²) < 4.78 is 5.13. The summed E-state index contributed by atoms with van der Waals surface area (Å²) >= 11 is 0. The maximum atomic E-state index is 12.5. The van der Waals surface area contributed by atoms with E-state index in [0.717, 1.165) is 161 Å². The Kier molecular flexibility index (Phi) is 22.5. The number of likely N-dealkylation sites (tertiary alicyclic amines) is 5. The Labute approximate surface area is 643 Å². The number of hydrogen-bond acceptors (Lipinski definition) is 10. The lowest BCUT2D eigenvalue weighted by atomic mass is 9.69. The first-order chi connectivity index (χ1) is 52.1. The number of carbonyl (C=O) groups excluding carboxylic acids is 5. The number of fused-ring (bicyclic) bond motifs is 14. The Bertz CT molecular complexity index is 3770. The summed E-state index contributed by atoms with van der Waals surface area (Å²) in [5.41, 5.74) is 16.5. The second-order valence-corrected chi connectivity index (χ2v) is 36.7. The highest BCUT2D eigenvalue weighted by Crippen LogP contribution is 2.54. The average molecular weight is 1460 g/mol. The molecule has 582 valence electrons. The number of anilines is 4. The third-order valence-electron chi connectivity index (χ3n) is 31.3. The Hall–Kier alpha value is -6.33. The first-order valence-corrected chi connectivity index (χ1v) is 43.2. The number of piperidine rings is 5. The van der Waals surface area contributed by atoms with Crippen molar-refractivity contribution in [3.63, 3.8) is 0 Å². The molecule has 5 unspecified atom stereocenters. The van der Waals surface area contributed by atoms with Gasteiger partial charge in [-0.05, 0) is 313 Å². The topological polar surface area (TPSA) is 159 Å². The fourth-order valence-electron chi connectivity index (χ4n) is 25.4. The van der Waals surface area contributed by atoms with Crippen LogP contribution in [0.5, 0.6) is 0 Å². The van der Waals surface area contributed by atoms with Crippen LogP contribution in [-0.2, 0) is 40.8 Å². The van der Waals surface area contributed by atoms with E-state index in [1.807, 2.05) is 46.9 Å². The second-order valence-electron chi connectivity index (χ2n) is 36.7. The van der Waals surface area contributed by atoms with Crippen LogP contribution in [0, 0.1) is 35.5 Å². The molecule has 9 heterocycles. The van der Waals surface area contributed by atoms with Gasteiger partial charge in [0.25, 0.3) is 0 Å². The molecule has 5 saturated heterocycles. The third-order valence-corrected chi connectivity index (χ3v) is 31.3. The Balaban J connectivity index is 0.000000121. The molecule has 7 atom stereocenters. The minimum Gasteiger partial charge on any atom is -0.450 e. The number of benzene rings is 4. The van der Waals surface area contributed by atoms with Crippen molar-refractivity contribution in [2.75, 3.05) is 112 Å². The van der Waals surface area contributed by atoms with Crippen LogP contribution < -0.4 is 25.8 Å². The number of nitrogens with two attached hydrogens (primary N) is 1. The van der Waals surface area contributed by atoms with E-state index in [1.54, 1.807) is 11.8 Å². The van der Waals surface area contributed by atoms with E-state index < -0.39 is 0 Å². The number of primary amides is 1. The normalized spacial score (nSPS) is 30.7. The largest absolute Gasteiger partial charge is 0.450 e. The highest BCUT2D eigenvalue weighted by Gasteiger charge is 2.50. The fraction of sp³-hybridized carbons (Fsp3) is 0.681. The SMILES string of the molecule is CC(=O)N1CCCC2(CCN(C3C[C@@H]4CC[C@@H]3C4)CC2)c2ccccc21.CCOC(=O)N1CCC(N2CCC3(CCC(=O)Nc4ccccc43)CC2)CC1.CN1C(=O)CCC2(CCN(C3CC4CCC(C4)C3)CC2)c2ccccc21.NC(=O)N1CCCC2(CCN(C3CC4CCC(C4)C3)CC2)c2ccccc21.[HH].[HH]. The summed E-state index contributed by atoms with van der Waals surface area (Å²) in [7, 11) is 1.95.